The highest BCUT2D eigenvalue weighted by molar-refractivity contribution is 5.74. The van der Waals surface area contributed by atoms with Crippen molar-refractivity contribution in [1.29, 1.82) is 0 Å². The van der Waals surface area contributed by atoms with E-state index in [-0.39, 0.29) is 0 Å². The molecule has 1 N–H and O–H groups in total. The first-order valence-corrected chi connectivity index (χ1v) is 7.61. The van der Waals surface area contributed by atoms with Gasteiger partial charge in [-0.3, -0.25) is 0 Å². The topological polar surface area (TPSA) is 24.5 Å². The van der Waals surface area contributed by atoms with Crippen LogP contribution in [0.4, 0.5) is 11.4 Å². The van der Waals surface area contributed by atoms with E-state index in [0.29, 0.717) is 6.10 Å². The first-order valence-electron chi connectivity index (χ1n) is 7.61. The van der Waals surface area contributed by atoms with Crippen LogP contribution in [-0.4, -0.2) is 32.3 Å². The summed E-state index contributed by atoms with van der Waals surface area (Å²) in [5.74, 6) is 0. The molecule has 1 fully saturated rings. The van der Waals surface area contributed by atoms with Gasteiger partial charge in [-0.05, 0) is 44.2 Å². The number of nitrogens with one attached hydrogen (secondary N) is 1. The van der Waals surface area contributed by atoms with Crippen molar-refractivity contribution in [2.45, 2.75) is 38.7 Å². The third kappa shape index (κ3) is 2.71. The minimum absolute atomic E-state index is 0.416. The van der Waals surface area contributed by atoms with Gasteiger partial charge in [0.1, 0.15) is 0 Å². The van der Waals surface area contributed by atoms with Gasteiger partial charge in [0, 0.05) is 26.2 Å². The van der Waals surface area contributed by atoms with E-state index in [2.05, 4.69) is 35.3 Å². The average molecular weight is 260 g/mol. The molecule has 104 valence electrons. The maximum Gasteiger partial charge on any atom is 0.0750 e. The Kier molecular flexibility index (Phi) is 3.92. The number of para-hydroxylation sites is 1. The number of ether oxygens (including phenoxy) is 1. The van der Waals surface area contributed by atoms with Crippen LogP contribution < -0.4 is 10.2 Å². The molecule has 0 bridgehead atoms. The largest absolute Gasteiger partial charge is 0.383 e. The van der Waals surface area contributed by atoms with E-state index in [9.17, 15) is 0 Å². The quantitative estimate of drug-likeness (QED) is 0.900. The fourth-order valence-corrected chi connectivity index (χ4v) is 3.19. The van der Waals surface area contributed by atoms with Gasteiger partial charge in [0.15, 0.2) is 0 Å². The van der Waals surface area contributed by atoms with Crippen LogP contribution in [0.5, 0.6) is 0 Å². The Morgan fingerprint density at radius 3 is 3.11 bits per heavy atom. The molecule has 1 unspecified atom stereocenters. The van der Waals surface area contributed by atoms with Gasteiger partial charge in [-0.15, -0.1) is 0 Å². The Balaban J connectivity index is 1.81. The molecule has 2 aliphatic rings. The van der Waals surface area contributed by atoms with Crippen molar-refractivity contribution >= 4 is 11.4 Å². The zero-order chi connectivity index (χ0) is 13.1. The third-order valence-corrected chi connectivity index (χ3v) is 4.22. The van der Waals surface area contributed by atoms with E-state index in [1.54, 1.807) is 0 Å². The molecular weight excluding hydrogens is 236 g/mol. The van der Waals surface area contributed by atoms with Crippen molar-refractivity contribution < 1.29 is 4.74 Å². The predicted octanol–water partition coefficient (Wildman–Crippen LogP) is 3.05. The van der Waals surface area contributed by atoms with Crippen molar-refractivity contribution in [1.82, 2.24) is 0 Å². The van der Waals surface area contributed by atoms with E-state index >= 15 is 0 Å². The van der Waals surface area contributed by atoms with Crippen molar-refractivity contribution in [3.63, 3.8) is 0 Å². The average Bonchev–Trinajstić information content (AvgIpc) is 2.97. The van der Waals surface area contributed by atoms with Crippen LogP contribution in [0.3, 0.4) is 0 Å². The molecule has 1 saturated heterocycles. The number of likely N-dealkylation sites (N-methyl/N-ethyl adjacent to an activating group) is 1. The minimum atomic E-state index is 0.416. The van der Waals surface area contributed by atoms with Gasteiger partial charge < -0.3 is 15.0 Å². The normalized spacial score (nSPS) is 21.8. The summed E-state index contributed by atoms with van der Waals surface area (Å²) in [6, 6.07) is 6.69. The van der Waals surface area contributed by atoms with Crippen molar-refractivity contribution in [3.05, 3.63) is 23.8 Å². The lowest BCUT2D eigenvalue weighted by atomic mass is 10.0. The molecule has 0 spiro atoms. The summed E-state index contributed by atoms with van der Waals surface area (Å²) in [7, 11) is 0. The Bertz CT molecular complexity index is 427. The lowest BCUT2D eigenvalue weighted by Gasteiger charge is -2.31. The number of fused-ring (bicyclic) bond motifs is 1. The molecule has 0 saturated carbocycles. The van der Waals surface area contributed by atoms with Crippen molar-refractivity contribution in [3.8, 4) is 0 Å². The fraction of sp³-hybridized carbons (Fsp3) is 0.625. The molecule has 0 amide bonds. The summed E-state index contributed by atoms with van der Waals surface area (Å²) in [5.41, 5.74) is 4.18. The fourth-order valence-electron chi connectivity index (χ4n) is 3.19. The molecule has 0 radical (unpaired) electrons. The van der Waals surface area contributed by atoms with E-state index < -0.39 is 0 Å². The molecule has 3 rings (SSSR count). The highest BCUT2D eigenvalue weighted by Gasteiger charge is 2.21. The van der Waals surface area contributed by atoms with Gasteiger partial charge in [-0.1, -0.05) is 12.1 Å². The Morgan fingerprint density at radius 2 is 2.32 bits per heavy atom. The van der Waals surface area contributed by atoms with Gasteiger partial charge in [-0.25, -0.2) is 0 Å². The summed E-state index contributed by atoms with van der Waals surface area (Å²) >= 11 is 0. The van der Waals surface area contributed by atoms with Crippen LogP contribution in [-0.2, 0) is 11.2 Å². The SMILES string of the molecule is CCN(CC1CCCO1)c1cccc2c1NCCC2. The number of benzene rings is 1. The highest BCUT2D eigenvalue weighted by atomic mass is 16.5. The number of hydrogen-bond acceptors (Lipinski definition) is 3. The zero-order valence-electron chi connectivity index (χ0n) is 11.8. The first-order chi connectivity index (χ1) is 9.38. The minimum Gasteiger partial charge on any atom is -0.383 e. The van der Waals surface area contributed by atoms with Crippen LogP contribution in [0.25, 0.3) is 0 Å². The van der Waals surface area contributed by atoms with Gasteiger partial charge in [0.2, 0.25) is 0 Å². The lowest BCUT2D eigenvalue weighted by Crippen LogP contribution is -2.33. The van der Waals surface area contributed by atoms with Gasteiger partial charge in [0.05, 0.1) is 17.5 Å². The van der Waals surface area contributed by atoms with E-state index in [0.717, 1.165) is 26.2 Å². The smallest absolute Gasteiger partial charge is 0.0750 e. The second-order valence-corrected chi connectivity index (χ2v) is 5.52. The maximum atomic E-state index is 5.79. The Labute approximate surface area is 115 Å². The van der Waals surface area contributed by atoms with Crippen LogP contribution in [0.2, 0.25) is 0 Å². The standard InChI is InChI=1S/C16H24N2O/c1-2-18(12-14-8-5-11-19-14)15-9-3-6-13-7-4-10-17-16(13)15/h3,6,9,14,17H,2,4-5,7-8,10-12H2,1H3. The second-order valence-electron chi connectivity index (χ2n) is 5.52. The number of nitrogens with zero attached hydrogens (tertiary/aromatic N) is 1. The summed E-state index contributed by atoms with van der Waals surface area (Å²) in [6.45, 7) is 6.33. The van der Waals surface area contributed by atoms with E-state index in [4.69, 9.17) is 4.74 Å². The highest BCUT2D eigenvalue weighted by Crippen LogP contribution is 2.33. The zero-order valence-corrected chi connectivity index (χ0v) is 11.8. The molecule has 2 aliphatic heterocycles. The first kappa shape index (κ1) is 12.8. The predicted molar refractivity (Wildman–Crippen MR) is 80.1 cm³/mol. The number of anilines is 2. The van der Waals surface area contributed by atoms with E-state index in [1.165, 1.54) is 42.6 Å². The van der Waals surface area contributed by atoms with Crippen molar-refractivity contribution in [2.75, 3.05) is 36.5 Å². The molecule has 3 nitrogen and oxygen atoms in total. The summed E-state index contributed by atoms with van der Waals surface area (Å²) < 4.78 is 5.79. The summed E-state index contributed by atoms with van der Waals surface area (Å²) in [6.07, 6.45) is 5.29. The summed E-state index contributed by atoms with van der Waals surface area (Å²) in [4.78, 5) is 2.47. The van der Waals surface area contributed by atoms with Crippen molar-refractivity contribution in [2.24, 2.45) is 0 Å². The van der Waals surface area contributed by atoms with Gasteiger partial charge >= 0.3 is 0 Å². The van der Waals surface area contributed by atoms with Crippen LogP contribution in [0.1, 0.15) is 31.7 Å². The second kappa shape index (κ2) is 5.83. The van der Waals surface area contributed by atoms with Gasteiger partial charge in [-0.2, -0.15) is 0 Å². The molecule has 2 heterocycles. The molecule has 3 heteroatoms. The number of rotatable bonds is 4. The monoisotopic (exact) mass is 260 g/mol. The van der Waals surface area contributed by atoms with E-state index in [1.807, 2.05) is 0 Å². The van der Waals surface area contributed by atoms with Crippen LogP contribution in [0, 0.1) is 0 Å². The molecule has 19 heavy (non-hydrogen) atoms. The molecule has 0 aromatic heterocycles. The third-order valence-electron chi connectivity index (χ3n) is 4.22. The van der Waals surface area contributed by atoms with Gasteiger partial charge in [0.25, 0.3) is 0 Å². The molecule has 1 aromatic rings. The number of hydrogen-bond donors (Lipinski definition) is 1. The molecule has 1 atom stereocenters. The maximum absolute atomic E-state index is 5.79. The lowest BCUT2D eigenvalue weighted by molar-refractivity contribution is 0.116. The van der Waals surface area contributed by atoms with Crippen LogP contribution >= 0.6 is 0 Å². The Morgan fingerprint density at radius 1 is 1.37 bits per heavy atom. The Hall–Kier alpha value is -1.22. The molecule has 0 aliphatic carbocycles. The van der Waals surface area contributed by atoms with Crippen LogP contribution in [0.15, 0.2) is 18.2 Å². The number of aryl methyl sites for hydroxylation is 1. The molecular formula is C16H24N2O. The summed E-state index contributed by atoms with van der Waals surface area (Å²) in [5, 5.41) is 3.59. The molecule has 1 aromatic carbocycles.